The number of aryl methyl sites for hydroxylation is 1. The fourth-order valence-electron chi connectivity index (χ4n) is 2.11. The first-order valence-electron chi connectivity index (χ1n) is 6.64. The molecule has 1 aromatic carbocycles. The van der Waals surface area contributed by atoms with E-state index in [2.05, 4.69) is 10.3 Å². The molecule has 0 spiro atoms. The molecule has 0 saturated heterocycles. The highest BCUT2D eigenvalue weighted by Crippen LogP contribution is 2.20. The van der Waals surface area contributed by atoms with Gasteiger partial charge in [-0.05, 0) is 24.6 Å². The fourth-order valence-corrected chi connectivity index (χ4v) is 2.11. The highest BCUT2D eigenvalue weighted by molar-refractivity contribution is 5.81. The summed E-state index contributed by atoms with van der Waals surface area (Å²) in [5.41, 5.74) is 1.27. The summed E-state index contributed by atoms with van der Waals surface area (Å²) in [5.74, 6) is -0.807. The number of hydrogen-bond acceptors (Lipinski definition) is 3. The summed E-state index contributed by atoms with van der Waals surface area (Å²) in [6.07, 6.45) is 2.28. The minimum Gasteiger partial charge on any atom is -0.480 e. The first-order chi connectivity index (χ1) is 9.52. The number of carbonyl (C=O) groups is 1. The van der Waals surface area contributed by atoms with Crippen molar-refractivity contribution >= 4 is 23.0 Å². The second-order valence-electron chi connectivity index (χ2n) is 4.80. The number of nitrogens with one attached hydrogen (secondary N) is 1. The Morgan fingerprint density at radius 3 is 2.95 bits per heavy atom. The van der Waals surface area contributed by atoms with Crippen LogP contribution < -0.4 is 5.32 Å². The maximum atomic E-state index is 13.2. The second kappa shape index (κ2) is 5.90. The van der Waals surface area contributed by atoms with Gasteiger partial charge in [0.05, 0.1) is 11.0 Å². The predicted molar refractivity (Wildman–Crippen MR) is 75.2 cm³/mol. The Morgan fingerprint density at radius 2 is 2.30 bits per heavy atom. The van der Waals surface area contributed by atoms with Crippen LogP contribution in [0.25, 0.3) is 11.0 Å². The lowest BCUT2D eigenvalue weighted by molar-refractivity contribution is -0.138. The molecule has 0 fully saturated rings. The maximum Gasteiger partial charge on any atom is 0.326 e. The molecule has 0 aliphatic carbocycles. The van der Waals surface area contributed by atoms with E-state index in [0.29, 0.717) is 23.4 Å². The van der Waals surface area contributed by atoms with Crippen molar-refractivity contribution in [2.24, 2.45) is 7.05 Å². The molecular formula is C14H18FN3O2. The SMILES string of the molecule is CCCC[C@H](Nc1nc2ccc(F)cc2n1C)C(=O)O. The van der Waals surface area contributed by atoms with Crippen LogP contribution in [-0.2, 0) is 11.8 Å². The number of halogens is 1. The van der Waals surface area contributed by atoms with Crippen molar-refractivity contribution < 1.29 is 14.3 Å². The Kier molecular flexibility index (Phi) is 4.22. The molecule has 2 aromatic rings. The molecule has 2 rings (SSSR count). The van der Waals surface area contributed by atoms with E-state index in [1.165, 1.54) is 12.1 Å². The third-order valence-electron chi connectivity index (χ3n) is 3.29. The lowest BCUT2D eigenvalue weighted by atomic mass is 10.1. The minimum atomic E-state index is -0.906. The van der Waals surface area contributed by atoms with Crippen LogP contribution in [0.2, 0.25) is 0 Å². The highest BCUT2D eigenvalue weighted by Gasteiger charge is 2.19. The summed E-state index contributed by atoms with van der Waals surface area (Å²) in [7, 11) is 1.73. The van der Waals surface area contributed by atoms with Crippen LogP contribution in [0.15, 0.2) is 18.2 Å². The van der Waals surface area contributed by atoms with Crippen molar-refractivity contribution in [3.05, 3.63) is 24.0 Å². The number of fused-ring (bicyclic) bond motifs is 1. The number of carboxylic acid groups (broad SMARTS) is 1. The van der Waals surface area contributed by atoms with Crippen molar-refractivity contribution in [2.75, 3.05) is 5.32 Å². The lowest BCUT2D eigenvalue weighted by Crippen LogP contribution is -2.30. The Labute approximate surface area is 116 Å². The number of nitrogens with zero attached hydrogens (tertiary/aromatic N) is 2. The number of carboxylic acids is 1. The van der Waals surface area contributed by atoms with Gasteiger partial charge in [0.25, 0.3) is 0 Å². The Hall–Kier alpha value is -2.11. The summed E-state index contributed by atoms with van der Waals surface area (Å²) in [4.78, 5) is 15.5. The van der Waals surface area contributed by atoms with E-state index in [0.717, 1.165) is 12.8 Å². The number of aliphatic carboxylic acids is 1. The third kappa shape index (κ3) is 2.89. The number of imidazole rings is 1. The topological polar surface area (TPSA) is 67.2 Å². The molecule has 0 unspecified atom stereocenters. The van der Waals surface area contributed by atoms with E-state index >= 15 is 0 Å². The van der Waals surface area contributed by atoms with E-state index in [4.69, 9.17) is 0 Å². The van der Waals surface area contributed by atoms with E-state index in [9.17, 15) is 14.3 Å². The summed E-state index contributed by atoms with van der Waals surface area (Å²) < 4.78 is 14.9. The zero-order chi connectivity index (χ0) is 14.7. The van der Waals surface area contributed by atoms with Gasteiger partial charge in [0.2, 0.25) is 5.95 Å². The number of unbranched alkanes of at least 4 members (excludes halogenated alkanes) is 1. The molecule has 0 aliphatic rings. The van der Waals surface area contributed by atoms with Gasteiger partial charge in [0.1, 0.15) is 11.9 Å². The molecule has 0 radical (unpaired) electrons. The zero-order valence-electron chi connectivity index (χ0n) is 11.6. The third-order valence-corrected chi connectivity index (χ3v) is 3.29. The van der Waals surface area contributed by atoms with Crippen molar-refractivity contribution in [1.29, 1.82) is 0 Å². The standard InChI is InChI=1S/C14H18FN3O2/c1-3-4-5-11(13(19)20)17-14-16-10-7-6-9(15)8-12(10)18(14)2/h6-8,11H,3-5H2,1-2H3,(H,16,17)(H,19,20)/t11-/m0/s1. The molecule has 1 aromatic heterocycles. The van der Waals surface area contributed by atoms with Crippen LogP contribution in [-0.4, -0.2) is 26.7 Å². The molecule has 0 aliphatic heterocycles. The summed E-state index contributed by atoms with van der Waals surface area (Å²) in [6, 6.07) is 3.62. The number of rotatable bonds is 6. The van der Waals surface area contributed by atoms with Gasteiger partial charge in [-0.1, -0.05) is 19.8 Å². The quantitative estimate of drug-likeness (QED) is 0.853. The van der Waals surface area contributed by atoms with Crippen LogP contribution in [0, 0.1) is 5.82 Å². The zero-order valence-corrected chi connectivity index (χ0v) is 11.6. The normalized spacial score (nSPS) is 12.6. The molecule has 1 atom stereocenters. The van der Waals surface area contributed by atoms with E-state index in [-0.39, 0.29) is 5.82 Å². The van der Waals surface area contributed by atoms with Gasteiger partial charge < -0.3 is 15.0 Å². The van der Waals surface area contributed by atoms with Crippen molar-refractivity contribution in [3.8, 4) is 0 Å². The molecule has 0 amide bonds. The smallest absolute Gasteiger partial charge is 0.326 e. The average Bonchev–Trinajstić information content (AvgIpc) is 2.71. The Balaban J connectivity index is 2.27. The van der Waals surface area contributed by atoms with Crippen LogP contribution in [0.5, 0.6) is 0 Å². The summed E-state index contributed by atoms with van der Waals surface area (Å²) in [6.45, 7) is 2.01. The number of hydrogen-bond donors (Lipinski definition) is 2. The van der Waals surface area contributed by atoms with Gasteiger partial charge in [-0.25, -0.2) is 14.2 Å². The second-order valence-corrected chi connectivity index (χ2v) is 4.80. The molecule has 2 N–H and O–H groups in total. The molecule has 1 heterocycles. The number of anilines is 1. The van der Waals surface area contributed by atoms with Crippen LogP contribution in [0.3, 0.4) is 0 Å². The predicted octanol–water partition coefficient (Wildman–Crippen LogP) is 2.77. The Morgan fingerprint density at radius 1 is 1.55 bits per heavy atom. The Bertz CT molecular complexity index is 624. The molecular weight excluding hydrogens is 261 g/mol. The van der Waals surface area contributed by atoms with Crippen LogP contribution in [0.4, 0.5) is 10.3 Å². The molecule has 108 valence electrons. The number of aromatic nitrogens is 2. The molecule has 0 bridgehead atoms. The van der Waals surface area contributed by atoms with Gasteiger partial charge in [-0.2, -0.15) is 0 Å². The first kappa shape index (κ1) is 14.3. The van der Waals surface area contributed by atoms with Gasteiger partial charge in [0, 0.05) is 7.05 Å². The molecule has 6 heteroatoms. The van der Waals surface area contributed by atoms with E-state index in [1.54, 1.807) is 17.7 Å². The number of benzene rings is 1. The molecule has 5 nitrogen and oxygen atoms in total. The fraction of sp³-hybridized carbons (Fsp3) is 0.429. The maximum absolute atomic E-state index is 13.2. The largest absolute Gasteiger partial charge is 0.480 e. The lowest BCUT2D eigenvalue weighted by Gasteiger charge is -2.14. The monoisotopic (exact) mass is 279 g/mol. The highest BCUT2D eigenvalue weighted by atomic mass is 19.1. The van der Waals surface area contributed by atoms with E-state index < -0.39 is 12.0 Å². The van der Waals surface area contributed by atoms with Crippen molar-refractivity contribution in [1.82, 2.24) is 9.55 Å². The van der Waals surface area contributed by atoms with Gasteiger partial charge in [-0.15, -0.1) is 0 Å². The van der Waals surface area contributed by atoms with Crippen molar-refractivity contribution in [2.45, 2.75) is 32.2 Å². The summed E-state index contributed by atoms with van der Waals surface area (Å²) >= 11 is 0. The van der Waals surface area contributed by atoms with Crippen LogP contribution in [0.1, 0.15) is 26.2 Å². The minimum absolute atomic E-state index is 0.340. The molecule has 20 heavy (non-hydrogen) atoms. The van der Waals surface area contributed by atoms with Crippen molar-refractivity contribution in [3.63, 3.8) is 0 Å². The molecule has 0 saturated carbocycles. The van der Waals surface area contributed by atoms with Crippen LogP contribution >= 0.6 is 0 Å². The van der Waals surface area contributed by atoms with Gasteiger partial charge in [0.15, 0.2) is 0 Å². The van der Waals surface area contributed by atoms with E-state index in [1.807, 2.05) is 6.92 Å². The first-order valence-corrected chi connectivity index (χ1v) is 6.64. The summed E-state index contributed by atoms with van der Waals surface area (Å²) in [5, 5.41) is 12.1. The van der Waals surface area contributed by atoms with Gasteiger partial charge in [-0.3, -0.25) is 0 Å². The van der Waals surface area contributed by atoms with Gasteiger partial charge >= 0.3 is 5.97 Å². The average molecular weight is 279 g/mol.